The molecule has 2 aromatic carbocycles. The van der Waals surface area contributed by atoms with E-state index in [2.05, 4.69) is 15.5 Å². The van der Waals surface area contributed by atoms with Crippen LogP contribution in [-0.2, 0) is 5.72 Å². The Morgan fingerprint density at radius 3 is 2.19 bits per heavy atom. The summed E-state index contributed by atoms with van der Waals surface area (Å²) in [6.07, 6.45) is 4.27. The number of aliphatic hydroxyl groups is 1. The quantitative estimate of drug-likeness (QED) is 0.578. The molecule has 0 saturated carbocycles. The molecule has 2 aromatic rings. The standard InChI is InChI=1S/C24H27N2O5.BrH/c27-24(17-5-7-19-21(14-17)30-12-10-28-19)16-25(23-4-2-1-3-9-26(23)24)18-6-8-20-22(15-18)31-13-11-29-20;/h5-8,14-15,27H,1-4,9-13,16H2;1H/q+1;/p-1. The molecule has 0 spiro atoms. The second-order valence-electron chi connectivity index (χ2n) is 8.47. The molecule has 0 bridgehead atoms. The van der Waals surface area contributed by atoms with Crippen LogP contribution >= 0.6 is 0 Å². The minimum atomic E-state index is -1.14. The number of nitrogens with zero attached hydrogens (tertiary/aromatic N) is 2. The van der Waals surface area contributed by atoms with Crippen LogP contribution in [0.5, 0.6) is 23.0 Å². The number of ether oxygens (including phenoxy) is 4. The van der Waals surface area contributed by atoms with Crippen LogP contribution in [0.25, 0.3) is 0 Å². The zero-order valence-corrected chi connectivity index (χ0v) is 19.5. The molecule has 0 aromatic heterocycles. The Hall–Kier alpha value is -2.45. The summed E-state index contributed by atoms with van der Waals surface area (Å²) >= 11 is 0. The van der Waals surface area contributed by atoms with Crippen molar-refractivity contribution in [2.75, 3.05) is 44.4 Å². The molecule has 0 fully saturated rings. The van der Waals surface area contributed by atoms with Gasteiger partial charge in [-0.25, -0.2) is 9.48 Å². The zero-order chi connectivity index (χ0) is 20.8. The van der Waals surface area contributed by atoms with Crippen molar-refractivity contribution < 1.29 is 45.6 Å². The molecule has 0 saturated heterocycles. The minimum absolute atomic E-state index is 0. The predicted octanol–water partition coefficient (Wildman–Crippen LogP) is -0.117. The van der Waals surface area contributed by atoms with Crippen molar-refractivity contribution in [1.82, 2.24) is 0 Å². The zero-order valence-electron chi connectivity index (χ0n) is 17.9. The van der Waals surface area contributed by atoms with E-state index in [4.69, 9.17) is 18.9 Å². The lowest BCUT2D eigenvalue weighted by molar-refractivity contribution is -0.658. The molecule has 4 aliphatic heterocycles. The predicted molar refractivity (Wildman–Crippen MR) is 115 cm³/mol. The first kappa shape index (κ1) is 21.4. The first-order valence-corrected chi connectivity index (χ1v) is 11.2. The van der Waals surface area contributed by atoms with Crippen molar-refractivity contribution in [3.05, 3.63) is 42.0 Å². The maximum Gasteiger partial charge on any atom is 0.271 e. The van der Waals surface area contributed by atoms with Gasteiger partial charge < -0.3 is 41.0 Å². The minimum Gasteiger partial charge on any atom is -1.00 e. The maximum atomic E-state index is 12.1. The molecular formula is C24H27BrN2O5. The lowest BCUT2D eigenvalue weighted by Crippen LogP contribution is -3.00. The van der Waals surface area contributed by atoms with Gasteiger partial charge in [0, 0.05) is 18.1 Å². The largest absolute Gasteiger partial charge is 1.00 e. The first-order chi connectivity index (χ1) is 15.2. The number of hydrogen-bond donors (Lipinski definition) is 1. The Bertz CT molecular complexity index is 1060. The molecule has 1 unspecified atom stereocenters. The van der Waals surface area contributed by atoms with Crippen molar-refractivity contribution in [3.63, 3.8) is 0 Å². The number of fused-ring (bicyclic) bond motifs is 2. The molecule has 8 heteroatoms. The van der Waals surface area contributed by atoms with Gasteiger partial charge in [0.2, 0.25) is 0 Å². The van der Waals surface area contributed by atoms with Crippen LogP contribution in [0.1, 0.15) is 31.2 Å². The number of rotatable bonds is 2. The molecule has 4 aliphatic rings. The van der Waals surface area contributed by atoms with Crippen LogP contribution in [0.3, 0.4) is 0 Å². The normalized spacial score (nSPS) is 23.8. The van der Waals surface area contributed by atoms with Gasteiger partial charge in [-0.3, -0.25) is 0 Å². The fourth-order valence-electron chi connectivity index (χ4n) is 5.05. The second kappa shape index (κ2) is 8.48. The van der Waals surface area contributed by atoms with Crippen molar-refractivity contribution in [1.29, 1.82) is 0 Å². The number of halogens is 1. The molecule has 6 rings (SSSR count). The van der Waals surface area contributed by atoms with Gasteiger partial charge in [-0.05, 0) is 49.6 Å². The van der Waals surface area contributed by atoms with Crippen molar-refractivity contribution in [2.24, 2.45) is 0 Å². The number of β-amino-alcohol motifs (C(OH)–C–C–N with tert-alkyl or cyclic N) is 1. The van der Waals surface area contributed by atoms with Crippen LogP contribution in [-0.4, -0.2) is 55.0 Å². The molecule has 32 heavy (non-hydrogen) atoms. The van der Waals surface area contributed by atoms with E-state index in [1.807, 2.05) is 30.3 Å². The Morgan fingerprint density at radius 2 is 1.44 bits per heavy atom. The van der Waals surface area contributed by atoms with Crippen molar-refractivity contribution >= 4 is 11.5 Å². The van der Waals surface area contributed by atoms with E-state index in [1.165, 1.54) is 0 Å². The molecule has 4 heterocycles. The van der Waals surface area contributed by atoms with E-state index in [-0.39, 0.29) is 17.0 Å². The summed E-state index contributed by atoms with van der Waals surface area (Å²) in [7, 11) is 0. The second-order valence-corrected chi connectivity index (χ2v) is 8.47. The average molecular weight is 503 g/mol. The highest BCUT2D eigenvalue weighted by Crippen LogP contribution is 2.41. The van der Waals surface area contributed by atoms with E-state index < -0.39 is 5.72 Å². The van der Waals surface area contributed by atoms with E-state index in [0.29, 0.717) is 38.7 Å². The van der Waals surface area contributed by atoms with Gasteiger partial charge in [0.05, 0.1) is 6.54 Å². The summed E-state index contributed by atoms with van der Waals surface area (Å²) in [6.45, 7) is 3.48. The summed E-state index contributed by atoms with van der Waals surface area (Å²) in [5.41, 5.74) is 0.707. The Balaban J connectivity index is 0.00000216. The summed E-state index contributed by atoms with van der Waals surface area (Å²) in [6, 6.07) is 11.9. The highest BCUT2D eigenvalue weighted by molar-refractivity contribution is 5.96. The monoisotopic (exact) mass is 502 g/mol. The Labute approximate surface area is 197 Å². The lowest BCUT2D eigenvalue weighted by atomic mass is 10.0. The molecular weight excluding hydrogens is 476 g/mol. The van der Waals surface area contributed by atoms with Crippen molar-refractivity contribution in [3.8, 4) is 23.0 Å². The van der Waals surface area contributed by atoms with Gasteiger partial charge in [0.15, 0.2) is 29.5 Å². The number of hydrogen-bond acceptors (Lipinski definition) is 6. The number of anilines is 1. The topological polar surface area (TPSA) is 63.4 Å². The maximum absolute atomic E-state index is 12.1. The van der Waals surface area contributed by atoms with Crippen LogP contribution < -0.4 is 40.8 Å². The van der Waals surface area contributed by atoms with Gasteiger partial charge in [-0.1, -0.05) is 0 Å². The highest BCUT2D eigenvalue weighted by Gasteiger charge is 2.52. The van der Waals surface area contributed by atoms with Gasteiger partial charge in [0.1, 0.15) is 32.1 Å². The van der Waals surface area contributed by atoms with Gasteiger partial charge in [-0.15, -0.1) is 0 Å². The Kier molecular flexibility index (Phi) is 5.67. The van der Waals surface area contributed by atoms with Crippen LogP contribution in [0.15, 0.2) is 36.4 Å². The molecule has 0 radical (unpaired) electrons. The summed E-state index contributed by atoms with van der Waals surface area (Å²) in [5, 5.41) is 12.1. The number of benzene rings is 2. The van der Waals surface area contributed by atoms with Gasteiger partial charge in [-0.2, -0.15) is 0 Å². The highest BCUT2D eigenvalue weighted by atomic mass is 79.9. The van der Waals surface area contributed by atoms with E-state index in [9.17, 15) is 5.11 Å². The van der Waals surface area contributed by atoms with E-state index in [1.54, 1.807) is 0 Å². The lowest BCUT2D eigenvalue weighted by Gasteiger charge is -2.26. The third-order valence-electron chi connectivity index (χ3n) is 6.57. The Morgan fingerprint density at radius 1 is 0.781 bits per heavy atom. The molecule has 7 nitrogen and oxygen atoms in total. The first-order valence-electron chi connectivity index (χ1n) is 11.2. The third kappa shape index (κ3) is 3.49. The molecule has 1 N–H and O–H groups in total. The molecule has 0 aliphatic carbocycles. The van der Waals surface area contributed by atoms with Gasteiger partial charge in [0.25, 0.3) is 11.6 Å². The smallest absolute Gasteiger partial charge is 0.271 e. The van der Waals surface area contributed by atoms with E-state index >= 15 is 0 Å². The van der Waals surface area contributed by atoms with E-state index in [0.717, 1.165) is 66.6 Å². The molecule has 0 amide bonds. The summed E-state index contributed by atoms with van der Waals surface area (Å²) in [4.78, 5) is 2.24. The van der Waals surface area contributed by atoms with Crippen molar-refractivity contribution in [2.45, 2.75) is 31.4 Å². The fourth-order valence-corrected chi connectivity index (χ4v) is 5.05. The third-order valence-corrected chi connectivity index (χ3v) is 6.57. The fraction of sp³-hybridized carbons (Fsp3) is 0.458. The summed E-state index contributed by atoms with van der Waals surface area (Å²) < 4.78 is 25.2. The molecule has 1 atom stereocenters. The SMILES string of the molecule is OC1(c2ccc3c(c2)OCCO3)CN(c2ccc3c(c2)OCCO3)C2=[N+]1CCCCC2.[Br-]. The molecule has 170 valence electrons. The van der Waals surface area contributed by atoms with Crippen LogP contribution in [0, 0.1) is 0 Å². The van der Waals surface area contributed by atoms with Crippen LogP contribution in [0.4, 0.5) is 5.69 Å². The number of amidine groups is 1. The summed E-state index contributed by atoms with van der Waals surface area (Å²) in [5.74, 6) is 4.14. The van der Waals surface area contributed by atoms with Gasteiger partial charge >= 0.3 is 0 Å². The average Bonchev–Trinajstić information content (AvgIpc) is 2.96. The van der Waals surface area contributed by atoms with Crippen LogP contribution in [0.2, 0.25) is 0 Å².